The maximum absolute atomic E-state index is 12.5. The summed E-state index contributed by atoms with van der Waals surface area (Å²) in [5, 5.41) is 1.64. The Balaban J connectivity index is 1.80. The molecule has 0 amide bonds. The van der Waals surface area contributed by atoms with E-state index in [1.54, 1.807) is 24.2 Å². The molecule has 2 atom stereocenters. The average molecular weight is 331 g/mol. The van der Waals surface area contributed by atoms with E-state index in [0.29, 0.717) is 17.5 Å². The number of rotatable bonds is 5. The minimum absolute atomic E-state index is 0.170. The van der Waals surface area contributed by atoms with Gasteiger partial charge in [-0.25, -0.2) is 13.1 Å². The molecule has 0 radical (unpaired) electrons. The van der Waals surface area contributed by atoms with Gasteiger partial charge in [-0.05, 0) is 36.5 Å². The third-order valence-electron chi connectivity index (χ3n) is 4.07. The Bertz CT molecular complexity index is 601. The Hall–Kier alpha value is -0.660. The number of sulfonamides is 1. The first-order valence-corrected chi connectivity index (χ1v) is 8.99. The highest BCUT2D eigenvalue weighted by atomic mass is 35.5. The second kappa shape index (κ2) is 5.85. The number of hydrogen-bond acceptors (Lipinski definition) is 4. The van der Waals surface area contributed by atoms with Gasteiger partial charge in [0.1, 0.15) is 5.25 Å². The van der Waals surface area contributed by atoms with Gasteiger partial charge in [-0.3, -0.25) is 4.84 Å². The van der Waals surface area contributed by atoms with E-state index in [-0.39, 0.29) is 12.6 Å². The molecule has 3 rings (SSSR count). The van der Waals surface area contributed by atoms with Crippen LogP contribution in [0.4, 0.5) is 0 Å². The molecule has 1 aliphatic carbocycles. The van der Waals surface area contributed by atoms with Gasteiger partial charge in [0.05, 0.1) is 12.6 Å². The van der Waals surface area contributed by atoms with Crippen molar-refractivity contribution in [3.8, 4) is 0 Å². The molecule has 1 aromatic rings. The van der Waals surface area contributed by atoms with Gasteiger partial charge >= 0.3 is 0 Å². The fraction of sp³-hybridized carbons (Fsp3) is 0.571. The third-order valence-corrected chi connectivity index (χ3v) is 6.08. The summed E-state index contributed by atoms with van der Waals surface area (Å²) < 4.78 is 27.8. The van der Waals surface area contributed by atoms with Crippen molar-refractivity contribution < 1.29 is 13.3 Å². The molecule has 1 saturated carbocycles. The normalized spacial score (nSPS) is 27.1. The van der Waals surface area contributed by atoms with Gasteiger partial charge in [-0.2, -0.15) is 5.06 Å². The van der Waals surface area contributed by atoms with Gasteiger partial charge < -0.3 is 0 Å². The lowest BCUT2D eigenvalue weighted by atomic mass is 10.0. The molecule has 1 aromatic carbocycles. The molecule has 0 unspecified atom stereocenters. The molecule has 0 bridgehead atoms. The number of halogens is 1. The van der Waals surface area contributed by atoms with Gasteiger partial charge in [-0.1, -0.05) is 23.7 Å². The van der Waals surface area contributed by atoms with Crippen molar-refractivity contribution in [3.05, 3.63) is 34.9 Å². The molecule has 2 fully saturated rings. The van der Waals surface area contributed by atoms with E-state index in [4.69, 9.17) is 16.4 Å². The number of nitrogens with one attached hydrogen (secondary N) is 1. The summed E-state index contributed by atoms with van der Waals surface area (Å²) in [5.74, 6) is 0.508. The minimum Gasteiger partial charge on any atom is -0.297 e. The largest absolute Gasteiger partial charge is 0.297 e. The Labute approximate surface area is 130 Å². The van der Waals surface area contributed by atoms with Crippen LogP contribution in [0.1, 0.15) is 24.4 Å². The van der Waals surface area contributed by atoms with Crippen LogP contribution < -0.4 is 4.72 Å². The smallest absolute Gasteiger partial charge is 0.218 e. The molecule has 1 saturated heterocycles. The van der Waals surface area contributed by atoms with E-state index < -0.39 is 15.3 Å². The standard InChI is InChI=1S/C14H19ClN2O3S/c1-17-14(11-4-6-12(15)7-5-11)13(9-20-17)21(18,19)16-8-10-2-3-10/h4-7,10,13-14,16H,2-3,8-9H2,1H3/t13-,14-/m1/s1. The van der Waals surface area contributed by atoms with Crippen LogP contribution in [0.5, 0.6) is 0 Å². The van der Waals surface area contributed by atoms with Crippen molar-refractivity contribution in [1.82, 2.24) is 9.79 Å². The number of nitrogens with zero attached hydrogens (tertiary/aromatic N) is 1. The summed E-state index contributed by atoms with van der Waals surface area (Å²) in [6, 6.07) is 6.91. The van der Waals surface area contributed by atoms with Crippen molar-refractivity contribution in [3.63, 3.8) is 0 Å². The van der Waals surface area contributed by atoms with Crippen molar-refractivity contribution >= 4 is 21.6 Å². The van der Waals surface area contributed by atoms with Gasteiger partial charge in [0.25, 0.3) is 0 Å². The number of benzene rings is 1. The summed E-state index contributed by atoms with van der Waals surface area (Å²) in [7, 11) is -1.65. The van der Waals surface area contributed by atoms with E-state index in [1.165, 1.54) is 0 Å². The molecule has 116 valence electrons. The molecule has 1 N–H and O–H groups in total. The monoisotopic (exact) mass is 330 g/mol. The van der Waals surface area contributed by atoms with Crippen molar-refractivity contribution in [2.45, 2.75) is 24.1 Å². The first kappa shape index (κ1) is 15.2. The molecule has 5 nitrogen and oxygen atoms in total. The predicted octanol–water partition coefficient (Wildman–Crippen LogP) is 1.96. The first-order chi connectivity index (χ1) is 9.97. The van der Waals surface area contributed by atoms with Crippen LogP contribution in [0, 0.1) is 5.92 Å². The molecule has 0 spiro atoms. The van der Waals surface area contributed by atoms with Crippen LogP contribution in [-0.4, -0.2) is 38.9 Å². The molecule has 7 heteroatoms. The fourth-order valence-corrected chi connectivity index (χ4v) is 4.32. The summed E-state index contributed by atoms with van der Waals surface area (Å²) in [6.07, 6.45) is 2.23. The van der Waals surface area contributed by atoms with Gasteiger partial charge in [-0.15, -0.1) is 0 Å². The lowest BCUT2D eigenvalue weighted by molar-refractivity contribution is -0.110. The Kier molecular flexibility index (Phi) is 4.25. The van der Waals surface area contributed by atoms with E-state index in [0.717, 1.165) is 18.4 Å². The molecule has 1 aliphatic heterocycles. The van der Waals surface area contributed by atoms with Crippen LogP contribution in [0.3, 0.4) is 0 Å². The van der Waals surface area contributed by atoms with Crippen LogP contribution in [0.2, 0.25) is 5.02 Å². The highest BCUT2D eigenvalue weighted by molar-refractivity contribution is 7.90. The van der Waals surface area contributed by atoms with Crippen LogP contribution in [0.25, 0.3) is 0 Å². The van der Waals surface area contributed by atoms with Crippen LogP contribution >= 0.6 is 11.6 Å². The Morgan fingerprint density at radius 1 is 1.33 bits per heavy atom. The Morgan fingerprint density at radius 3 is 2.62 bits per heavy atom. The zero-order valence-corrected chi connectivity index (χ0v) is 13.4. The zero-order valence-electron chi connectivity index (χ0n) is 11.8. The minimum atomic E-state index is -3.41. The molecule has 2 aliphatic rings. The highest BCUT2D eigenvalue weighted by Crippen LogP contribution is 2.34. The van der Waals surface area contributed by atoms with Gasteiger partial charge in [0.15, 0.2) is 0 Å². The molecule has 0 aromatic heterocycles. The average Bonchev–Trinajstić information content (AvgIpc) is 3.19. The zero-order chi connectivity index (χ0) is 15.0. The lowest BCUT2D eigenvalue weighted by Crippen LogP contribution is -2.40. The van der Waals surface area contributed by atoms with Crippen molar-refractivity contribution in [1.29, 1.82) is 0 Å². The SMILES string of the molecule is CN1OC[C@@H](S(=O)(=O)NCC2CC2)[C@H]1c1ccc(Cl)cc1. The predicted molar refractivity (Wildman–Crippen MR) is 81.3 cm³/mol. The quantitative estimate of drug-likeness (QED) is 0.896. The van der Waals surface area contributed by atoms with E-state index in [9.17, 15) is 8.42 Å². The maximum atomic E-state index is 12.5. The van der Waals surface area contributed by atoms with Crippen LogP contribution in [0.15, 0.2) is 24.3 Å². The van der Waals surface area contributed by atoms with Crippen molar-refractivity contribution in [2.75, 3.05) is 20.2 Å². The summed E-state index contributed by atoms with van der Waals surface area (Å²) >= 11 is 5.90. The molecule has 1 heterocycles. The summed E-state index contributed by atoms with van der Waals surface area (Å²) in [6.45, 7) is 0.708. The summed E-state index contributed by atoms with van der Waals surface area (Å²) in [4.78, 5) is 5.45. The molecular weight excluding hydrogens is 312 g/mol. The second-order valence-corrected chi connectivity index (χ2v) is 8.13. The van der Waals surface area contributed by atoms with E-state index in [2.05, 4.69) is 4.72 Å². The van der Waals surface area contributed by atoms with E-state index >= 15 is 0 Å². The lowest BCUT2D eigenvalue weighted by Gasteiger charge is -2.23. The molecule has 21 heavy (non-hydrogen) atoms. The first-order valence-electron chi connectivity index (χ1n) is 7.07. The maximum Gasteiger partial charge on any atom is 0.218 e. The topological polar surface area (TPSA) is 58.6 Å². The van der Waals surface area contributed by atoms with Gasteiger partial charge in [0.2, 0.25) is 10.0 Å². The highest BCUT2D eigenvalue weighted by Gasteiger charge is 2.43. The van der Waals surface area contributed by atoms with Crippen LogP contribution in [-0.2, 0) is 14.9 Å². The second-order valence-electron chi connectivity index (χ2n) is 5.71. The van der Waals surface area contributed by atoms with E-state index in [1.807, 2.05) is 12.1 Å². The number of hydrogen-bond donors (Lipinski definition) is 1. The third kappa shape index (κ3) is 3.40. The summed E-state index contributed by atoms with van der Waals surface area (Å²) in [5.41, 5.74) is 0.890. The molecular formula is C14H19ClN2O3S. The van der Waals surface area contributed by atoms with Gasteiger partial charge in [0, 0.05) is 18.6 Å². The van der Waals surface area contributed by atoms with Crippen molar-refractivity contribution in [2.24, 2.45) is 5.92 Å². The fourth-order valence-electron chi connectivity index (χ4n) is 2.60. The Morgan fingerprint density at radius 2 is 2.00 bits per heavy atom. The number of hydroxylamine groups is 2.